The highest BCUT2D eigenvalue weighted by Gasteiger charge is 2.24. The van der Waals surface area contributed by atoms with Crippen molar-refractivity contribution >= 4 is 11.0 Å². The van der Waals surface area contributed by atoms with Gasteiger partial charge in [-0.3, -0.25) is 4.79 Å². The lowest BCUT2D eigenvalue weighted by atomic mass is 10.1. The Hall–Kier alpha value is -3.15. The van der Waals surface area contributed by atoms with E-state index in [4.69, 9.17) is 9.15 Å². The maximum Gasteiger partial charge on any atom is 0.208 e. The molecule has 0 atom stereocenters. The minimum Gasteiger partial charge on any atom is -0.504 e. The molecule has 0 aliphatic heterocycles. The molecule has 6 nitrogen and oxygen atoms in total. The third-order valence-electron chi connectivity index (χ3n) is 3.32. The van der Waals surface area contributed by atoms with E-state index in [-0.39, 0.29) is 22.5 Å². The van der Waals surface area contributed by atoms with Crippen LogP contribution in [0.5, 0.6) is 23.0 Å². The average molecular weight is 300 g/mol. The number of benzene rings is 2. The topological polar surface area (TPSA) is 100 Å². The molecule has 0 amide bonds. The number of fused-ring (bicyclic) bond motifs is 1. The number of methoxy groups -OCH3 is 1. The monoisotopic (exact) mass is 300 g/mol. The fourth-order valence-electron chi connectivity index (χ4n) is 2.26. The smallest absolute Gasteiger partial charge is 0.208 e. The van der Waals surface area contributed by atoms with E-state index in [0.717, 1.165) is 0 Å². The Labute approximate surface area is 124 Å². The number of rotatable bonds is 2. The van der Waals surface area contributed by atoms with Gasteiger partial charge in [-0.2, -0.15) is 0 Å². The third-order valence-corrected chi connectivity index (χ3v) is 3.32. The summed E-state index contributed by atoms with van der Waals surface area (Å²) >= 11 is 0. The second kappa shape index (κ2) is 5.00. The van der Waals surface area contributed by atoms with E-state index in [2.05, 4.69) is 0 Å². The van der Waals surface area contributed by atoms with Crippen LogP contribution in [0.3, 0.4) is 0 Å². The Morgan fingerprint density at radius 1 is 1.00 bits per heavy atom. The zero-order valence-electron chi connectivity index (χ0n) is 11.5. The predicted octanol–water partition coefficient (Wildman–Crippen LogP) is 2.59. The molecular formula is C16H12O6. The molecule has 1 heterocycles. The molecule has 3 aromatic rings. The largest absolute Gasteiger partial charge is 0.504 e. The van der Waals surface area contributed by atoms with E-state index < -0.39 is 22.7 Å². The van der Waals surface area contributed by atoms with E-state index in [0.29, 0.717) is 5.56 Å². The van der Waals surface area contributed by atoms with E-state index in [1.54, 1.807) is 24.3 Å². The fourth-order valence-corrected chi connectivity index (χ4v) is 2.26. The summed E-state index contributed by atoms with van der Waals surface area (Å²) in [5.74, 6) is -2.12. The van der Waals surface area contributed by atoms with Crippen LogP contribution in [0.1, 0.15) is 0 Å². The van der Waals surface area contributed by atoms with Gasteiger partial charge in [-0.15, -0.1) is 0 Å². The van der Waals surface area contributed by atoms with E-state index in [9.17, 15) is 20.1 Å². The summed E-state index contributed by atoms with van der Waals surface area (Å²) in [4.78, 5) is 12.3. The Balaban J connectivity index is 2.41. The lowest BCUT2D eigenvalue weighted by Gasteiger charge is -2.11. The van der Waals surface area contributed by atoms with Crippen molar-refractivity contribution in [2.75, 3.05) is 7.11 Å². The maximum atomic E-state index is 12.3. The molecule has 22 heavy (non-hydrogen) atoms. The molecular weight excluding hydrogens is 288 g/mol. The van der Waals surface area contributed by atoms with Gasteiger partial charge in [-0.25, -0.2) is 0 Å². The van der Waals surface area contributed by atoms with Crippen LogP contribution in [0, 0.1) is 0 Å². The van der Waals surface area contributed by atoms with Crippen molar-refractivity contribution in [2.24, 2.45) is 0 Å². The first-order valence-electron chi connectivity index (χ1n) is 6.38. The summed E-state index contributed by atoms with van der Waals surface area (Å²) in [6, 6.07) is 10.00. The van der Waals surface area contributed by atoms with Crippen molar-refractivity contribution in [2.45, 2.75) is 0 Å². The zero-order valence-corrected chi connectivity index (χ0v) is 11.5. The van der Waals surface area contributed by atoms with Crippen LogP contribution in [0.15, 0.2) is 45.6 Å². The molecule has 1 aromatic heterocycles. The number of hydrogen-bond acceptors (Lipinski definition) is 6. The number of hydrogen-bond donors (Lipinski definition) is 3. The van der Waals surface area contributed by atoms with Gasteiger partial charge >= 0.3 is 0 Å². The van der Waals surface area contributed by atoms with Gasteiger partial charge in [-0.1, -0.05) is 30.3 Å². The number of phenolic OH excluding ortho intramolecular Hbond substituents is 3. The molecule has 2 aromatic carbocycles. The molecule has 3 rings (SSSR count). The zero-order chi connectivity index (χ0) is 15.9. The number of phenols is 3. The van der Waals surface area contributed by atoms with Gasteiger partial charge in [0, 0.05) is 11.6 Å². The van der Waals surface area contributed by atoms with Crippen LogP contribution in [0.25, 0.3) is 22.3 Å². The average Bonchev–Trinajstić information content (AvgIpc) is 2.53. The Morgan fingerprint density at radius 2 is 1.68 bits per heavy atom. The molecule has 0 aliphatic carbocycles. The molecule has 112 valence electrons. The fraction of sp³-hybridized carbons (Fsp3) is 0.0625. The van der Waals surface area contributed by atoms with Gasteiger partial charge < -0.3 is 24.5 Å². The Morgan fingerprint density at radius 3 is 2.32 bits per heavy atom. The summed E-state index contributed by atoms with van der Waals surface area (Å²) in [5.41, 5.74) is -0.246. The van der Waals surface area contributed by atoms with E-state index in [1.165, 1.54) is 13.2 Å². The van der Waals surface area contributed by atoms with Gasteiger partial charge in [0.05, 0.1) is 7.11 Å². The van der Waals surface area contributed by atoms with Crippen LogP contribution >= 0.6 is 0 Å². The second-order valence-corrected chi connectivity index (χ2v) is 4.62. The molecule has 0 spiro atoms. The van der Waals surface area contributed by atoms with Crippen LogP contribution in [-0.2, 0) is 0 Å². The summed E-state index contributed by atoms with van der Waals surface area (Å²) in [6.45, 7) is 0. The number of aromatic hydroxyl groups is 3. The highest BCUT2D eigenvalue weighted by Crippen LogP contribution is 2.48. The molecule has 6 heteroatoms. The van der Waals surface area contributed by atoms with Crippen molar-refractivity contribution in [3.8, 4) is 34.3 Å². The molecule has 0 fully saturated rings. The molecule has 0 saturated carbocycles. The molecule has 0 bridgehead atoms. The quantitative estimate of drug-likeness (QED) is 0.497. The lowest BCUT2D eigenvalue weighted by molar-refractivity contribution is 0.330. The van der Waals surface area contributed by atoms with Crippen LogP contribution in [0.4, 0.5) is 0 Å². The second-order valence-electron chi connectivity index (χ2n) is 4.62. The first kappa shape index (κ1) is 13.8. The van der Waals surface area contributed by atoms with Crippen LogP contribution in [-0.4, -0.2) is 22.4 Å². The van der Waals surface area contributed by atoms with E-state index >= 15 is 0 Å². The van der Waals surface area contributed by atoms with Crippen molar-refractivity contribution in [3.63, 3.8) is 0 Å². The van der Waals surface area contributed by atoms with Crippen LogP contribution < -0.4 is 10.2 Å². The molecule has 0 unspecified atom stereocenters. The maximum absolute atomic E-state index is 12.3. The van der Waals surface area contributed by atoms with Crippen LogP contribution in [0.2, 0.25) is 0 Å². The van der Waals surface area contributed by atoms with Gasteiger partial charge in [0.25, 0.3) is 0 Å². The van der Waals surface area contributed by atoms with Gasteiger partial charge in [-0.05, 0) is 0 Å². The molecule has 0 saturated heterocycles. The Kier molecular flexibility index (Phi) is 3.14. The van der Waals surface area contributed by atoms with Gasteiger partial charge in [0.1, 0.15) is 11.1 Å². The van der Waals surface area contributed by atoms with Crippen molar-refractivity contribution in [1.82, 2.24) is 0 Å². The standard InChI is InChI=1S/C16H12O6/c1-21-16-12(18)11-9(17)7-10(8-5-3-2-4-6-8)22-15(11)13(19)14(16)20/h2-7,18-20H,1H3. The third kappa shape index (κ3) is 1.93. The highest BCUT2D eigenvalue weighted by atomic mass is 16.5. The first-order valence-corrected chi connectivity index (χ1v) is 6.38. The Bertz CT molecular complexity index is 912. The summed E-state index contributed by atoms with van der Waals surface area (Å²) in [6.07, 6.45) is 0. The van der Waals surface area contributed by atoms with Crippen molar-refractivity contribution in [3.05, 3.63) is 46.6 Å². The summed E-state index contributed by atoms with van der Waals surface area (Å²) in [7, 11) is 1.19. The van der Waals surface area contributed by atoms with Gasteiger partial charge in [0.15, 0.2) is 16.8 Å². The SMILES string of the molecule is COc1c(O)c(O)c2oc(-c3ccccc3)cc(=O)c2c1O. The minimum absolute atomic E-state index is 0.206. The summed E-state index contributed by atoms with van der Waals surface area (Å²) in [5, 5.41) is 29.6. The van der Waals surface area contributed by atoms with Crippen molar-refractivity contribution in [1.29, 1.82) is 0 Å². The molecule has 3 N–H and O–H groups in total. The first-order chi connectivity index (χ1) is 10.5. The van der Waals surface area contributed by atoms with Crippen molar-refractivity contribution < 1.29 is 24.5 Å². The normalized spacial score (nSPS) is 10.8. The molecule has 0 radical (unpaired) electrons. The van der Waals surface area contributed by atoms with Gasteiger partial charge in [0.2, 0.25) is 17.2 Å². The predicted molar refractivity (Wildman–Crippen MR) is 79.5 cm³/mol. The minimum atomic E-state index is -0.694. The lowest BCUT2D eigenvalue weighted by Crippen LogP contribution is -2.02. The molecule has 0 aliphatic rings. The van der Waals surface area contributed by atoms with E-state index in [1.807, 2.05) is 6.07 Å². The number of ether oxygens (including phenoxy) is 1. The highest BCUT2D eigenvalue weighted by molar-refractivity contribution is 5.94. The summed E-state index contributed by atoms with van der Waals surface area (Å²) < 4.78 is 10.3.